The van der Waals surface area contributed by atoms with Crippen LogP contribution in [-0.4, -0.2) is 26.0 Å². The Morgan fingerprint density at radius 2 is 1.77 bits per heavy atom. The molecular formula is C22H19ClN6O2. The molecule has 0 spiro atoms. The van der Waals surface area contributed by atoms with Gasteiger partial charge in [0.25, 0.3) is 0 Å². The Kier molecular flexibility index (Phi) is 5.81. The van der Waals surface area contributed by atoms with Gasteiger partial charge in [0.05, 0.1) is 16.4 Å². The normalized spacial score (nSPS) is 10.5. The van der Waals surface area contributed by atoms with E-state index in [0.717, 1.165) is 11.3 Å². The van der Waals surface area contributed by atoms with Gasteiger partial charge in [-0.2, -0.15) is 5.10 Å². The Labute approximate surface area is 183 Å². The molecule has 4 rings (SSSR count). The number of halogens is 1. The molecule has 0 aliphatic heterocycles. The van der Waals surface area contributed by atoms with E-state index >= 15 is 0 Å². The van der Waals surface area contributed by atoms with Crippen LogP contribution in [-0.2, 0) is 0 Å². The van der Waals surface area contributed by atoms with Crippen molar-refractivity contribution in [3.63, 3.8) is 0 Å². The average Bonchev–Trinajstić information content (AvgIpc) is 3.18. The number of urea groups is 1. The van der Waals surface area contributed by atoms with Gasteiger partial charge in [-0.3, -0.25) is 0 Å². The van der Waals surface area contributed by atoms with E-state index in [9.17, 15) is 4.79 Å². The summed E-state index contributed by atoms with van der Waals surface area (Å²) in [6.07, 6.45) is 1.81. The summed E-state index contributed by atoms with van der Waals surface area (Å²) in [5.74, 6) is 1.50. The second kappa shape index (κ2) is 8.85. The van der Waals surface area contributed by atoms with Crippen molar-refractivity contribution in [2.24, 2.45) is 0 Å². The van der Waals surface area contributed by atoms with E-state index in [2.05, 4.69) is 25.9 Å². The topological polar surface area (TPSA) is 94.0 Å². The molecule has 31 heavy (non-hydrogen) atoms. The molecule has 2 aromatic carbocycles. The molecule has 0 saturated heterocycles. The zero-order valence-corrected chi connectivity index (χ0v) is 17.6. The highest BCUT2D eigenvalue weighted by molar-refractivity contribution is 6.33. The van der Waals surface area contributed by atoms with Gasteiger partial charge in [0.2, 0.25) is 5.88 Å². The minimum atomic E-state index is -0.394. The van der Waals surface area contributed by atoms with E-state index in [0.29, 0.717) is 33.8 Å². The van der Waals surface area contributed by atoms with Crippen molar-refractivity contribution in [3.05, 3.63) is 83.1 Å². The van der Waals surface area contributed by atoms with E-state index in [1.54, 1.807) is 53.2 Å². The van der Waals surface area contributed by atoms with Crippen LogP contribution in [0.15, 0.2) is 66.9 Å². The van der Waals surface area contributed by atoms with E-state index in [4.69, 9.17) is 16.3 Å². The van der Waals surface area contributed by atoms with E-state index in [1.807, 2.05) is 32.2 Å². The summed E-state index contributed by atoms with van der Waals surface area (Å²) in [5, 5.41) is 18.4. The van der Waals surface area contributed by atoms with Crippen LogP contribution < -0.4 is 15.4 Å². The van der Waals surface area contributed by atoms with Crippen molar-refractivity contribution in [1.29, 1.82) is 0 Å². The van der Waals surface area contributed by atoms with Gasteiger partial charge in [0, 0.05) is 18.0 Å². The number of nitrogens with zero attached hydrogens (tertiary/aromatic N) is 4. The maximum atomic E-state index is 12.2. The summed E-state index contributed by atoms with van der Waals surface area (Å²) in [7, 11) is 0. The Morgan fingerprint density at radius 1 is 0.968 bits per heavy atom. The molecule has 156 valence electrons. The quantitative estimate of drug-likeness (QED) is 0.440. The molecule has 8 nitrogen and oxygen atoms in total. The van der Waals surface area contributed by atoms with Crippen molar-refractivity contribution in [2.75, 3.05) is 10.6 Å². The molecule has 0 bridgehead atoms. The summed E-state index contributed by atoms with van der Waals surface area (Å²) in [6.45, 7) is 3.83. The molecule has 2 N–H and O–H groups in total. The SMILES string of the molecule is Cc1ccc(NC(=O)Nc2ccc(Oc3ccc(-n4ccc(C)n4)nn3)cc2)c(Cl)c1. The summed E-state index contributed by atoms with van der Waals surface area (Å²) < 4.78 is 7.35. The first-order chi connectivity index (χ1) is 15.0. The molecule has 0 radical (unpaired) electrons. The molecule has 0 unspecified atom stereocenters. The van der Waals surface area contributed by atoms with E-state index in [1.165, 1.54) is 0 Å². The largest absolute Gasteiger partial charge is 0.438 e. The van der Waals surface area contributed by atoms with E-state index in [-0.39, 0.29) is 0 Å². The van der Waals surface area contributed by atoms with Gasteiger partial charge in [0.15, 0.2) is 5.82 Å². The number of carbonyl (C=O) groups is 1. The van der Waals surface area contributed by atoms with Crippen molar-refractivity contribution in [3.8, 4) is 17.4 Å². The third-order valence-electron chi connectivity index (χ3n) is 4.29. The number of benzene rings is 2. The maximum absolute atomic E-state index is 12.2. The van der Waals surface area contributed by atoms with Crippen molar-refractivity contribution >= 4 is 29.0 Å². The Morgan fingerprint density at radius 3 is 2.42 bits per heavy atom. The average molecular weight is 435 g/mol. The molecule has 4 aromatic rings. The molecule has 2 amide bonds. The predicted octanol–water partition coefficient (Wildman–Crippen LogP) is 5.37. The van der Waals surface area contributed by atoms with Crippen LogP contribution in [0.1, 0.15) is 11.3 Å². The lowest BCUT2D eigenvalue weighted by atomic mass is 10.2. The standard InChI is InChI=1S/C22H19ClN6O2/c1-14-3-8-19(18(23)13-14)25-22(30)24-16-4-6-17(7-5-16)31-21-10-9-20(26-27-21)29-12-11-15(2)28-29/h3-13H,1-2H3,(H2,24,25,30). The molecule has 0 aliphatic carbocycles. The lowest BCUT2D eigenvalue weighted by Crippen LogP contribution is -2.19. The Balaban J connectivity index is 1.35. The number of carbonyl (C=O) groups excluding carboxylic acids is 1. The minimum Gasteiger partial charge on any atom is -0.438 e. The number of amides is 2. The van der Waals surface area contributed by atoms with Gasteiger partial charge in [-0.15, -0.1) is 10.2 Å². The first-order valence-corrected chi connectivity index (χ1v) is 9.82. The predicted molar refractivity (Wildman–Crippen MR) is 119 cm³/mol. The molecule has 2 aromatic heterocycles. The fraction of sp³-hybridized carbons (Fsp3) is 0.0909. The van der Waals surface area contributed by atoms with Crippen LogP contribution >= 0.6 is 11.6 Å². The summed E-state index contributed by atoms with van der Waals surface area (Å²) >= 11 is 6.15. The van der Waals surface area contributed by atoms with Gasteiger partial charge >= 0.3 is 6.03 Å². The smallest absolute Gasteiger partial charge is 0.323 e. The molecule has 0 saturated carbocycles. The number of aromatic nitrogens is 4. The molecular weight excluding hydrogens is 416 g/mol. The first-order valence-electron chi connectivity index (χ1n) is 9.45. The zero-order chi connectivity index (χ0) is 21.8. The maximum Gasteiger partial charge on any atom is 0.323 e. The van der Waals surface area contributed by atoms with Crippen LogP contribution in [0, 0.1) is 13.8 Å². The molecule has 0 aliphatic rings. The van der Waals surface area contributed by atoms with E-state index < -0.39 is 6.03 Å². The fourth-order valence-corrected chi connectivity index (χ4v) is 3.05. The van der Waals surface area contributed by atoms with Gasteiger partial charge in [-0.25, -0.2) is 9.48 Å². The Hall–Kier alpha value is -3.91. The number of aryl methyl sites for hydroxylation is 2. The minimum absolute atomic E-state index is 0.347. The Bertz CT molecular complexity index is 1210. The number of hydrogen-bond acceptors (Lipinski definition) is 5. The van der Waals surface area contributed by atoms with Crippen LogP contribution in [0.4, 0.5) is 16.2 Å². The number of ether oxygens (including phenoxy) is 1. The zero-order valence-electron chi connectivity index (χ0n) is 16.8. The fourth-order valence-electron chi connectivity index (χ4n) is 2.77. The third kappa shape index (κ3) is 5.18. The summed E-state index contributed by atoms with van der Waals surface area (Å²) in [4.78, 5) is 12.2. The van der Waals surface area contributed by atoms with Crippen LogP contribution in [0.5, 0.6) is 11.6 Å². The lowest BCUT2D eigenvalue weighted by molar-refractivity contribution is 0.262. The van der Waals surface area contributed by atoms with Crippen LogP contribution in [0.2, 0.25) is 5.02 Å². The third-order valence-corrected chi connectivity index (χ3v) is 4.60. The van der Waals surface area contributed by atoms with Gasteiger partial charge in [-0.1, -0.05) is 17.7 Å². The highest BCUT2D eigenvalue weighted by atomic mass is 35.5. The van der Waals surface area contributed by atoms with Gasteiger partial charge in [0.1, 0.15) is 5.75 Å². The number of anilines is 2. The van der Waals surface area contributed by atoms with Crippen LogP contribution in [0.25, 0.3) is 5.82 Å². The molecule has 9 heteroatoms. The number of rotatable bonds is 5. The van der Waals surface area contributed by atoms with Gasteiger partial charge < -0.3 is 15.4 Å². The summed E-state index contributed by atoms with van der Waals surface area (Å²) in [5.41, 5.74) is 3.05. The highest BCUT2D eigenvalue weighted by Gasteiger charge is 2.07. The highest BCUT2D eigenvalue weighted by Crippen LogP contribution is 2.24. The molecule has 0 fully saturated rings. The monoisotopic (exact) mass is 434 g/mol. The molecule has 2 heterocycles. The van der Waals surface area contributed by atoms with Crippen LogP contribution in [0.3, 0.4) is 0 Å². The lowest BCUT2D eigenvalue weighted by Gasteiger charge is -2.10. The second-order valence-electron chi connectivity index (χ2n) is 6.82. The van der Waals surface area contributed by atoms with Crippen molar-refractivity contribution < 1.29 is 9.53 Å². The van der Waals surface area contributed by atoms with Crippen molar-refractivity contribution in [2.45, 2.75) is 13.8 Å². The number of hydrogen-bond donors (Lipinski definition) is 2. The van der Waals surface area contributed by atoms with Crippen molar-refractivity contribution in [1.82, 2.24) is 20.0 Å². The second-order valence-corrected chi connectivity index (χ2v) is 7.23. The summed E-state index contributed by atoms with van der Waals surface area (Å²) in [6, 6.07) is 17.3. The van der Waals surface area contributed by atoms with Gasteiger partial charge in [-0.05, 0) is 67.9 Å². The number of nitrogens with one attached hydrogen (secondary N) is 2. The first kappa shape index (κ1) is 20.4. The molecule has 0 atom stereocenters.